The van der Waals surface area contributed by atoms with Gasteiger partial charge in [-0.25, -0.2) is 4.98 Å². The van der Waals surface area contributed by atoms with Crippen molar-refractivity contribution in [3.63, 3.8) is 0 Å². The van der Waals surface area contributed by atoms with E-state index in [1.54, 1.807) is 24.4 Å². The van der Waals surface area contributed by atoms with Gasteiger partial charge in [0.25, 0.3) is 0 Å². The molecule has 0 aromatic carbocycles. The van der Waals surface area contributed by atoms with Crippen LogP contribution in [0.5, 0.6) is 11.6 Å². The molecular weight excluding hydrogens is 452 g/mol. The van der Waals surface area contributed by atoms with E-state index in [0.29, 0.717) is 17.3 Å². The van der Waals surface area contributed by atoms with Crippen LogP contribution in [0.4, 0.5) is 0 Å². The highest BCUT2D eigenvalue weighted by atomic mass is 32.2. The van der Waals surface area contributed by atoms with Gasteiger partial charge in [-0.2, -0.15) is 0 Å². The Labute approximate surface area is 194 Å². The topological polar surface area (TPSA) is 123 Å². The minimum atomic E-state index is -1.02. The van der Waals surface area contributed by atoms with Crippen LogP contribution in [0.15, 0.2) is 36.7 Å². The van der Waals surface area contributed by atoms with E-state index in [4.69, 9.17) is 23.7 Å². The summed E-state index contributed by atoms with van der Waals surface area (Å²) >= 11 is 1.27. The molecule has 1 fully saturated rings. The Morgan fingerprint density at radius 2 is 1.64 bits per heavy atom. The van der Waals surface area contributed by atoms with Gasteiger partial charge in [0.2, 0.25) is 5.88 Å². The molecule has 33 heavy (non-hydrogen) atoms. The van der Waals surface area contributed by atoms with Gasteiger partial charge in [-0.05, 0) is 24.3 Å². The lowest BCUT2D eigenvalue weighted by molar-refractivity contribution is -0.186. The van der Waals surface area contributed by atoms with Gasteiger partial charge in [0.05, 0.1) is 24.6 Å². The zero-order valence-electron chi connectivity index (χ0n) is 18.5. The zero-order chi connectivity index (χ0) is 24.0. The van der Waals surface area contributed by atoms with Crippen LogP contribution in [0.3, 0.4) is 0 Å². The maximum Gasteiger partial charge on any atom is 0.303 e. The predicted octanol–water partition coefficient (Wildman–Crippen LogP) is 2.40. The highest BCUT2D eigenvalue weighted by Crippen LogP contribution is 2.35. The molecule has 2 aromatic rings. The molecule has 0 spiro atoms. The van der Waals surface area contributed by atoms with E-state index in [0.717, 1.165) is 5.56 Å². The fourth-order valence-electron chi connectivity index (χ4n) is 3.30. The van der Waals surface area contributed by atoms with Gasteiger partial charge < -0.3 is 23.7 Å². The first-order chi connectivity index (χ1) is 15.8. The summed E-state index contributed by atoms with van der Waals surface area (Å²) in [5.41, 5.74) is 0.619. The number of thioether (sulfide) groups is 1. The SMILES string of the molecule is COc1ncccc1-c1ccc(O[C@H]2SC[C@@H](OC(C)=O)[C@H](OC(C)=O)[C@H]2OC(C)=O)cn1. The molecule has 4 atom stereocenters. The van der Waals surface area contributed by atoms with E-state index in [1.165, 1.54) is 45.8 Å². The first kappa shape index (κ1) is 24.3. The normalized spacial score (nSPS) is 22.1. The minimum absolute atomic E-state index is 0.276. The summed E-state index contributed by atoms with van der Waals surface area (Å²) in [5.74, 6) is -0.605. The lowest BCUT2D eigenvalue weighted by Gasteiger charge is -2.39. The molecule has 1 saturated heterocycles. The summed E-state index contributed by atoms with van der Waals surface area (Å²) in [6.45, 7) is 3.71. The van der Waals surface area contributed by atoms with E-state index in [1.807, 2.05) is 6.07 Å². The average Bonchev–Trinajstić information content (AvgIpc) is 2.77. The van der Waals surface area contributed by atoms with Crippen molar-refractivity contribution in [2.45, 2.75) is 44.5 Å². The molecule has 1 aliphatic heterocycles. The highest BCUT2D eigenvalue weighted by Gasteiger charge is 2.47. The Balaban J connectivity index is 1.82. The second-order valence-corrected chi connectivity index (χ2v) is 8.19. The second-order valence-electron chi connectivity index (χ2n) is 7.05. The van der Waals surface area contributed by atoms with Gasteiger partial charge >= 0.3 is 17.9 Å². The summed E-state index contributed by atoms with van der Waals surface area (Å²) in [6.07, 6.45) is 0.324. The lowest BCUT2D eigenvalue weighted by atomic mass is 10.1. The Morgan fingerprint density at radius 1 is 0.939 bits per heavy atom. The fraction of sp³-hybridized carbons (Fsp3) is 0.409. The standard InChI is InChI=1S/C22H24N2O8S/c1-12(25)29-18-11-33-22(20(31-14(3)27)19(18)30-13(2)26)32-15-7-8-17(24-10-15)16-6-5-9-23-21(16)28-4/h5-10,18-20,22H,11H2,1-4H3/t18-,19+,20-,22+/m1/s1. The van der Waals surface area contributed by atoms with E-state index in [2.05, 4.69) is 9.97 Å². The van der Waals surface area contributed by atoms with Crippen LogP contribution in [0, 0.1) is 0 Å². The molecule has 0 N–H and O–H groups in total. The number of pyridine rings is 2. The van der Waals surface area contributed by atoms with Gasteiger partial charge in [-0.1, -0.05) is 0 Å². The Bertz CT molecular complexity index is 1000. The third kappa shape index (κ3) is 6.35. The number of carbonyl (C=O) groups excluding carboxylic acids is 3. The zero-order valence-corrected chi connectivity index (χ0v) is 19.4. The van der Waals surface area contributed by atoms with Crippen LogP contribution in [-0.4, -0.2) is 64.5 Å². The van der Waals surface area contributed by atoms with Crippen LogP contribution < -0.4 is 9.47 Å². The van der Waals surface area contributed by atoms with Gasteiger partial charge in [0.15, 0.2) is 23.7 Å². The number of aromatic nitrogens is 2. The van der Waals surface area contributed by atoms with Crippen molar-refractivity contribution >= 4 is 29.7 Å². The number of methoxy groups -OCH3 is 1. The number of rotatable bonds is 7. The van der Waals surface area contributed by atoms with Crippen molar-refractivity contribution in [3.8, 4) is 22.9 Å². The summed E-state index contributed by atoms with van der Waals surface area (Å²) in [6, 6.07) is 7.07. The summed E-state index contributed by atoms with van der Waals surface area (Å²) in [7, 11) is 1.53. The number of esters is 3. The molecule has 3 rings (SSSR count). The summed E-state index contributed by atoms with van der Waals surface area (Å²) < 4.78 is 27.4. The predicted molar refractivity (Wildman–Crippen MR) is 118 cm³/mol. The monoisotopic (exact) mass is 476 g/mol. The highest BCUT2D eigenvalue weighted by molar-refractivity contribution is 7.99. The van der Waals surface area contributed by atoms with Crippen molar-refractivity contribution in [1.29, 1.82) is 0 Å². The third-order valence-corrected chi connectivity index (χ3v) is 5.75. The number of hydrogen-bond donors (Lipinski definition) is 0. The molecule has 0 aliphatic carbocycles. The summed E-state index contributed by atoms with van der Waals surface area (Å²) in [4.78, 5) is 43.5. The number of ether oxygens (including phenoxy) is 5. The molecular formula is C22H24N2O8S. The van der Waals surface area contributed by atoms with Crippen LogP contribution in [0.25, 0.3) is 11.3 Å². The van der Waals surface area contributed by atoms with Crippen LogP contribution in [0.2, 0.25) is 0 Å². The molecule has 0 saturated carbocycles. The van der Waals surface area contributed by atoms with E-state index < -0.39 is 41.7 Å². The van der Waals surface area contributed by atoms with Gasteiger partial charge in [-0.15, -0.1) is 11.8 Å². The largest absolute Gasteiger partial charge is 0.481 e. The van der Waals surface area contributed by atoms with Crippen molar-refractivity contribution < 1.29 is 38.1 Å². The van der Waals surface area contributed by atoms with Crippen molar-refractivity contribution in [2.24, 2.45) is 0 Å². The molecule has 3 heterocycles. The maximum absolute atomic E-state index is 11.8. The Kier molecular flexibility index (Phi) is 8.10. The van der Waals surface area contributed by atoms with Crippen molar-refractivity contribution in [1.82, 2.24) is 9.97 Å². The molecule has 0 bridgehead atoms. The van der Waals surface area contributed by atoms with Crippen LogP contribution in [-0.2, 0) is 28.6 Å². The smallest absolute Gasteiger partial charge is 0.303 e. The summed E-state index contributed by atoms with van der Waals surface area (Å²) in [5, 5.41) is 0. The number of hydrogen-bond acceptors (Lipinski definition) is 11. The molecule has 0 radical (unpaired) electrons. The number of carbonyl (C=O) groups is 3. The fourth-order valence-corrected chi connectivity index (χ4v) is 4.52. The Hall–Kier alpha value is -3.34. The van der Waals surface area contributed by atoms with E-state index in [-0.39, 0.29) is 5.75 Å². The molecule has 2 aromatic heterocycles. The van der Waals surface area contributed by atoms with Crippen LogP contribution >= 0.6 is 11.8 Å². The Morgan fingerprint density at radius 3 is 2.24 bits per heavy atom. The maximum atomic E-state index is 11.8. The minimum Gasteiger partial charge on any atom is -0.481 e. The average molecular weight is 477 g/mol. The molecule has 1 aliphatic rings. The molecule has 176 valence electrons. The van der Waals surface area contributed by atoms with Gasteiger partial charge in [0, 0.05) is 32.7 Å². The van der Waals surface area contributed by atoms with Crippen molar-refractivity contribution in [3.05, 3.63) is 36.7 Å². The second kappa shape index (κ2) is 11.0. The lowest BCUT2D eigenvalue weighted by Crippen LogP contribution is -2.55. The molecule has 0 amide bonds. The van der Waals surface area contributed by atoms with Crippen LogP contribution in [0.1, 0.15) is 20.8 Å². The molecule has 11 heteroatoms. The molecule has 10 nitrogen and oxygen atoms in total. The van der Waals surface area contributed by atoms with Gasteiger partial charge in [-0.3, -0.25) is 19.4 Å². The third-order valence-electron chi connectivity index (χ3n) is 4.53. The van der Waals surface area contributed by atoms with Gasteiger partial charge in [0.1, 0.15) is 5.75 Å². The van der Waals surface area contributed by atoms with E-state index >= 15 is 0 Å². The molecule has 0 unspecified atom stereocenters. The first-order valence-electron chi connectivity index (χ1n) is 10.0. The van der Waals surface area contributed by atoms with Crippen molar-refractivity contribution in [2.75, 3.05) is 12.9 Å². The first-order valence-corrected chi connectivity index (χ1v) is 11.1. The number of nitrogens with zero attached hydrogens (tertiary/aromatic N) is 2. The van der Waals surface area contributed by atoms with E-state index in [9.17, 15) is 14.4 Å². The quantitative estimate of drug-likeness (QED) is 0.432.